The van der Waals surface area contributed by atoms with E-state index < -0.39 is 23.1 Å². The van der Waals surface area contributed by atoms with Crippen LogP contribution in [0, 0.1) is 24.0 Å². The number of carbonyl (C=O) groups excluding carboxylic acids is 1. The molecule has 45 heavy (non-hydrogen) atoms. The minimum Gasteiger partial charge on any atom is -0.490 e. The fraction of sp³-hybridized carbons (Fsp3) is 0.281. The molecule has 3 N–H and O–H groups in total. The lowest BCUT2D eigenvalue weighted by molar-refractivity contribution is 0.102. The molecular weight excluding hydrogens is 584 g/mol. The molecule has 0 unspecified atom stereocenters. The zero-order valence-electron chi connectivity index (χ0n) is 25.3. The molecule has 0 atom stereocenters. The SMILES string of the molecule is CNn1cc(OCCN2CCN(C)CC2)c(C)c1C(=N)Oc1ccc(NC(=O)c2cccn(-c3ccc(F)cc3)c2=O)cc1F. The first-order chi connectivity index (χ1) is 21.6. The quantitative estimate of drug-likeness (QED) is 0.183. The number of pyridine rings is 1. The van der Waals surface area contributed by atoms with Crippen molar-refractivity contribution >= 4 is 17.5 Å². The van der Waals surface area contributed by atoms with Crippen molar-refractivity contribution in [3.05, 3.63) is 106 Å². The third kappa shape index (κ3) is 7.21. The minimum atomic E-state index is -0.821. The third-order valence-electron chi connectivity index (χ3n) is 7.63. The molecule has 1 aliphatic heterocycles. The Kier molecular flexibility index (Phi) is 9.59. The second-order valence-electron chi connectivity index (χ2n) is 10.7. The van der Waals surface area contributed by atoms with Gasteiger partial charge in [-0.05, 0) is 62.5 Å². The summed E-state index contributed by atoms with van der Waals surface area (Å²) in [5.41, 5.74) is 3.65. The molecule has 0 radical (unpaired) electrons. The Hall–Kier alpha value is -5.01. The van der Waals surface area contributed by atoms with Gasteiger partial charge in [0.25, 0.3) is 11.5 Å². The Morgan fingerprint density at radius 1 is 1.02 bits per heavy atom. The molecule has 5 rings (SSSR count). The Morgan fingerprint density at radius 2 is 1.76 bits per heavy atom. The van der Waals surface area contributed by atoms with E-state index in [0.717, 1.165) is 38.8 Å². The number of nitrogens with one attached hydrogen (secondary N) is 3. The van der Waals surface area contributed by atoms with Crippen LogP contribution in [0.4, 0.5) is 14.5 Å². The summed E-state index contributed by atoms with van der Waals surface area (Å²) in [5.74, 6) is -1.98. The normalized spacial score (nSPS) is 13.8. The highest BCUT2D eigenvalue weighted by atomic mass is 19.1. The average molecular weight is 620 g/mol. The highest BCUT2D eigenvalue weighted by Crippen LogP contribution is 2.27. The van der Waals surface area contributed by atoms with E-state index in [2.05, 4.69) is 27.6 Å². The van der Waals surface area contributed by atoms with Crippen LogP contribution in [0.3, 0.4) is 0 Å². The van der Waals surface area contributed by atoms with Crippen LogP contribution >= 0.6 is 0 Å². The molecule has 13 heteroatoms. The van der Waals surface area contributed by atoms with Crippen LogP contribution in [0.1, 0.15) is 21.6 Å². The Bertz CT molecular complexity index is 1750. The molecule has 0 spiro atoms. The number of carbonyl (C=O) groups is 1. The minimum absolute atomic E-state index is 0.0822. The smallest absolute Gasteiger partial charge is 0.267 e. The predicted molar refractivity (Wildman–Crippen MR) is 168 cm³/mol. The van der Waals surface area contributed by atoms with Gasteiger partial charge in [-0.25, -0.2) is 8.78 Å². The van der Waals surface area contributed by atoms with Crippen molar-refractivity contribution in [2.75, 3.05) is 64.2 Å². The number of halogens is 2. The standard InChI is InChI=1S/C32H35F2N7O4/c1-21-28(44-18-17-39-15-13-38(3)14-16-39)20-41(36-2)29(21)30(35)45-27-11-8-23(19-26(27)34)37-31(42)25-5-4-12-40(32(25)43)24-9-6-22(33)7-10-24/h4-12,19-20,35-36H,13-18H2,1-3H3,(H,37,42). The van der Waals surface area contributed by atoms with Crippen molar-refractivity contribution in [2.24, 2.45) is 0 Å². The summed E-state index contributed by atoms with van der Waals surface area (Å²) < 4.78 is 42.8. The van der Waals surface area contributed by atoms with Gasteiger partial charge in [-0.1, -0.05) is 0 Å². The summed E-state index contributed by atoms with van der Waals surface area (Å²) in [6.45, 7) is 7.07. The van der Waals surface area contributed by atoms with Crippen molar-refractivity contribution in [1.29, 1.82) is 5.41 Å². The summed E-state index contributed by atoms with van der Waals surface area (Å²) in [4.78, 5) is 30.5. The van der Waals surface area contributed by atoms with E-state index in [1.807, 2.05) is 0 Å². The molecule has 0 bridgehead atoms. The summed E-state index contributed by atoms with van der Waals surface area (Å²) in [7, 11) is 3.79. The maximum atomic E-state index is 15.1. The lowest BCUT2D eigenvalue weighted by Crippen LogP contribution is -2.45. The van der Waals surface area contributed by atoms with Gasteiger partial charge in [-0.15, -0.1) is 0 Å². The van der Waals surface area contributed by atoms with Gasteiger partial charge < -0.3 is 25.1 Å². The fourth-order valence-corrected chi connectivity index (χ4v) is 5.02. The van der Waals surface area contributed by atoms with Gasteiger partial charge >= 0.3 is 0 Å². The highest BCUT2D eigenvalue weighted by Gasteiger charge is 2.22. The van der Waals surface area contributed by atoms with Crippen molar-refractivity contribution in [2.45, 2.75) is 6.92 Å². The van der Waals surface area contributed by atoms with Gasteiger partial charge in [0.1, 0.15) is 29.4 Å². The molecule has 0 aliphatic carbocycles. The van der Waals surface area contributed by atoms with Gasteiger partial charge in [0, 0.05) is 69.0 Å². The lowest BCUT2D eigenvalue weighted by Gasteiger charge is -2.32. The molecule has 1 aliphatic rings. The third-order valence-corrected chi connectivity index (χ3v) is 7.63. The Labute approximate surface area is 259 Å². The molecule has 3 heterocycles. The molecular formula is C32H35F2N7O4. The van der Waals surface area contributed by atoms with E-state index >= 15 is 4.39 Å². The largest absolute Gasteiger partial charge is 0.490 e. The summed E-state index contributed by atoms with van der Waals surface area (Å²) in [6, 6.07) is 11.8. The summed E-state index contributed by atoms with van der Waals surface area (Å²) in [6.07, 6.45) is 3.18. The fourth-order valence-electron chi connectivity index (χ4n) is 5.02. The van der Waals surface area contributed by atoms with Crippen LogP contribution < -0.4 is 25.8 Å². The van der Waals surface area contributed by atoms with E-state index in [-0.39, 0.29) is 22.9 Å². The number of likely N-dealkylation sites (N-methyl/N-ethyl adjacent to an activating group) is 1. The summed E-state index contributed by atoms with van der Waals surface area (Å²) in [5, 5.41) is 11.1. The molecule has 2 aromatic heterocycles. The number of ether oxygens (including phenoxy) is 2. The number of aromatic nitrogens is 2. The molecule has 4 aromatic rings. The number of anilines is 1. The Balaban J connectivity index is 1.24. The molecule has 0 saturated carbocycles. The molecule has 1 fully saturated rings. The van der Waals surface area contributed by atoms with Gasteiger partial charge in [0.15, 0.2) is 11.6 Å². The number of nitrogens with zero attached hydrogens (tertiary/aromatic N) is 4. The number of benzene rings is 2. The zero-order valence-corrected chi connectivity index (χ0v) is 25.3. The van der Waals surface area contributed by atoms with E-state index in [1.54, 1.807) is 24.8 Å². The number of hydrogen-bond acceptors (Lipinski definition) is 8. The van der Waals surface area contributed by atoms with Crippen LogP contribution in [0.5, 0.6) is 11.5 Å². The Morgan fingerprint density at radius 3 is 2.44 bits per heavy atom. The monoisotopic (exact) mass is 619 g/mol. The lowest BCUT2D eigenvalue weighted by atomic mass is 10.2. The van der Waals surface area contributed by atoms with Crippen LogP contribution in [0.15, 0.2) is 71.8 Å². The number of amides is 1. The second kappa shape index (κ2) is 13.7. The van der Waals surface area contributed by atoms with Crippen LogP contribution in [-0.4, -0.2) is 84.3 Å². The highest BCUT2D eigenvalue weighted by molar-refractivity contribution is 6.04. The van der Waals surface area contributed by atoms with Crippen molar-refractivity contribution in [1.82, 2.24) is 19.0 Å². The van der Waals surface area contributed by atoms with E-state index in [4.69, 9.17) is 14.9 Å². The molecule has 1 amide bonds. The van der Waals surface area contributed by atoms with E-state index in [1.165, 1.54) is 59.3 Å². The van der Waals surface area contributed by atoms with Crippen molar-refractivity contribution in [3.8, 4) is 17.2 Å². The first-order valence-corrected chi connectivity index (χ1v) is 14.4. The number of piperazine rings is 1. The van der Waals surface area contributed by atoms with Crippen molar-refractivity contribution < 1.29 is 23.0 Å². The second-order valence-corrected chi connectivity index (χ2v) is 10.7. The van der Waals surface area contributed by atoms with E-state index in [9.17, 15) is 14.0 Å². The number of rotatable bonds is 10. The zero-order chi connectivity index (χ0) is 32.1. The van der Waals surface area contributed by atoms with Crippen LogP contribution in [0.25, 0.3) is 5.69 Å². The summed E-state index contributed by atoms with van der Waals surface area (Å²) >= 11 is 0. The maximum absolute atomic E-state index is 15.1. The molecule has 11 nitrogen and oxygen atoms in total. The van der Waals surface area contributed by atoms with Gasteiger partial charge in [-0.3, -0.25) is 29.1 Å². The molecule has 2 aromatic carbocycles. The van der Waals surface area contributed by atoms with Crippen LogP contribution in [-0.2, 0) is 0 Å². The average Bonchev–Trinajstić information content (AvgIpc) is 3.35. The first kappa shape index (κ1) is 31.4. The topological polar surface area (TPSA) is 117 Å². The molecule has 1 saturated heterocycles. The van der Waals surface area contributed by atoms with Crippen LogP contribution in [0.2, 0.25) is 0 Å². The van der Waals surface area contributed by atoms with Gasteiger partial charge in [0.05, 0.1) is 6.20 Å². The van der Waals surface area contributed by atoms with E-state index in [0.29, 0.717) is 29.3 Å². The molecule has 236 valence electrons. The first-order valence-electron chi connectivity index (χ1n) is 14.4. The van der Waals surface area contributed by atoms with Gasteiger partial charge in [0.2, 0.25) is 5.90 Å². The van der Waals surface area contributed by atoms with Crippen molar-refractivity contribution in [3.63, 3.8) is 0 Å². The number of hydrogen-bond donors (Lipinski definition) is 3. The van der Waals surface area contributed by atoms with Gasteiger partial charge in [-0.2, -0.15) is 0 Å². The predicted octanol–water partition coefficient (Wildman–Crippen LogP) is 3.68. The maximum Gasteiger partial charge on any atom is 0.267 e.